The van der Waals surface area contributed by atoms with Crippen LogP contribution in [0.2, 0.25) is 0 Å². The first-order chi connectivity index (χ1) is 12.6. The van der Waals surface area contributed by atoms with Crippen molar-refractivity contribution in [1.29, 1.82) is 0 Å². The van der Waals surface area contributed by atoms with Crippen LogP contribution >= 0.6 is 11.3 Å². The van der Waals surface area contributed by atoms with E-state index in [4.69, 9.17) is 9.05 Å². The topological polar surface area (TPSA) is 77.8 Å². The van der Waals surface area contributed by atoms with Crippen molar-refractivity contribution < 1.29 is 9.05 Å². The zero-order valence-corrected chi connectivity index (χ0v) is 18.7. The van der Waals surface area contributed by atoms with Gasteiger partial charge in [0, 0.05) is 24.0 Å². The summed E-state index contributed by atoms with van der Waals surface area (Å²) in [5.74, 6) is 3.30. The van der Waals surface area contributed by atoms with E-state index in [0.29, 0.717) is 17.8 Å². The van der Waals surface area contributed by atoms with Crippen LogP contribution in [0.5, 0.6) is 0 Å². The molecule has 0 bridgehead atoms. The molecule has 0 atom stereocenters. The Hall–Kier alpha value is -2.02. The molecule has 0 radical (unpaired) electrons. The van der Waals surface area contributed by atoms with Crippen LogP contribution in [0.1, 0.15) is 92.2 Å². The number of hydrogen-bond acceptors (Lipinski definition) is 7. The summed E-state index contributed by atoms with van der Waals surface area (Å²) in [5.41, 5.74) is 1.99. The molecule has 3 aromatic heterocycles. The minimum absolute atomic E-state index is 0.450. The SMILES string of the molecule is Cc1cc(C(C)C)no1.Cc1cc(C(C)C)on1.Cc1nnc(C(C)C)s1. The molecule has 27 heavy (non-hydrogen) atoms. The molecule has 0 spiro atoms. The summed E-state index contributed by atoms with van der Waals surface area (Å²) in [6.45, 7) is 18.4. The second-order valence-electron chi connectivity index (χ2n) is 7.36. The highest BCUT2D eigenvalue weighted by molar-refractivity contribution is 7.11. The van der Waals surface area contributed by atoms with Gasteiger partial charge in [0.2, 0.25) is 0 Å². The van der Waals surface area contributed by atoms with E-state index in [0.717, 1.165) is 32.9 Å². The number of aryl methyl sites for hydroxylation is 3. The second kappa shape index (κ2) is 11.0. The van der Waals surface area contributed by atoms with Gasteiger partial charge >= 0.3 is 0 Å². The molecule has 0 aliphatic carbocycles. The van der Waals surface area contributed by atoms with E-state index >= 15 is 0 Å². The van der Waals surface area contributed by atoms with Crippen LogP contribution in [0.15, 0.2) is 21.2 Å². The van der Waals surface area contributed by atoms with Crippen LogP contribution < -0.4 is 0 Å². The van der Waals surface area contributed by atoms with Gasteiger partial charge in [-0.15, -0.1) is 21.5 Å². The Bertz CT molecular complexity index is 682. The molecule has 0 fully saturated rings. The van der Waals surface area contributed by atoms with E-state index in [2.05, 4.69) is 62.1 Å². The van der Waals surface area contributed by atoms with Gasteiger partial charge in [-0.3, -0.25) is 0 Å². The third kappa shape index (κ3) is 8.47. The standard InChI is InChI=1S/2C7H11NO.C6H10N2S/c1-5(2)7-4-6(3)9-8-7;1-5(2)7-4-6(3)8-9-7;1-4(2)6-8-7-5(3)9-6/h2*4-5H,1-3H3;4H,1-3H3. The van der Waals surface area contributed by atoms with Crippen molar-refractivity contribution in [2.24, 2.45) is 0 Å². The fourth-order valence-electron chi connectivity index (χ4n) is 1.86. The van der Waals surface area contributed by atoms with Gasteiger partial charge in [-0.1, -0.05) is 51.9 Å². The van der Waals surface area contributed by atoms with Crippen LogP contribution in [0, 0.1) is 20.8 Å². The predicted octanol–water partition coefficient (Wildman–Crippen LogP) is 6.18. The Kier molecular flexibility index (Phi) is 9.35. The lowest BCUT2D eigenvalue weighted by atomic mass is 10.1. The van der Waals surface area contributed by atoms with Gasteiger partial charge in [0.25, 0.3) is 0 Å². The molecular formula is C20H32N4O2S. The quantitative estimate of drug-likeness (QED) is 0.529. The molecule has 0 amide bonds. The third-order valence-corrected chi connectivity index (χ3v) is 4.63. The maximum atomic E-state index is 4.98. The minimum Gasteiger partial charge on any atom is -0.361 e. The summed E-state index contributed by atoms with van der Waals surface area (Å²) < 4.78 is 9.85. The fourth-order valence-corrected chi connectivity index (χ4v) is 2.56. The van der Waals surface area contributed by atoms with E-state index in [-0.39, 0.29) is 0 Å². The predicted molar refractivity (Wildman–Crippen MR) is 109 cm³/mol. The molecule has 6 nitrogen and oxygen atoms in total. The maximum absolute atomic E-state index is 4.98. The minimum atomic E-state index is 0.450. The van der Waals surface area contributed by atoms with Crippen molar-refractivity contribution in [3.63, 3.8) is 0 Å². The van der Waals surface area contributed by atoms with Crippen LogP contribution in [-0.4, -0.2) is 20.5 Å². The van der Waals surface area contributed by atoms with E-state index < -0.39 is 0 Å². The first-order valence-electron chi connectivity index (χ1n) is 9.26. The molecule has 0 aliphatic heterocycles. The molecule has 0 unspecified atom stereocenters. The molecule has 0 N–H and O–H groups in total. The monoisotopic (exact) mass is 392 g/mol. The molecule has 150 valence electrons. The van der Waals surface area contributed by atoms with Gasteiger partial charge in [0.05, 0.1) is 11.4 Å². The Morgan fingerprint density at radius 3 is 1.67 bits per heavy atom. The maximum Gasteiger partial charge on any atom is 0.139 e. The van der Waals surface area contributed by atoms with Crippen LogP contribution in [0.4, 0.5) is 0 Å². The first kappa shape index (κ1) is 23.0. The Morgan fingerprint density at radius 1 is 0.778 bits per heavy atom. The van der Waals surface area contributed by atoms with Crippen LogP contribution in [0.3, 0.4) is 0 Å². The third-order valence-electron chi connectivity index (χ3n) is 3.49. The molecule has 0 aromatic carbocycles. The Labute approximate surface area is 166 Å². The zero-order chi connectivity index (χ0) is 20.6. The number of rotatable bonds is 3. The highest BCUT2D eigenvalue weighted by Gasteiger charge is 2.04. The van der Waals surface area contributed by atoms with Crippen molar-refractivity contribution >= 4 is 11.3 Å². The molecule has 3 rings (SSSR count). The lowest BCUT2D eigenvalue weighted by Gasteiger charge is -1.92. The zero-order valence-electron chi connectivity index (χ0n) is 17.9. The average Bonchev–Trinajstić information content (AvgIpc) is 3.30. The van der Waals surface area contributed by atoms with Crippen molar-refractivity contribution in [3.05, 3.63) is 45.1 Å². The Balaban J connectivity index is 0.000000202. The average molecular weight is 393 g/mol. The fraction of sp³-hybridized carbons (Fsp3) is 0.600. The van der Waals surface area contributed by atoms with Gasteiger partial charge in [-0.05, 0) is 26.7 Å². The van der Waals surface area contributed by atoms with Crippen molar-refractivity contribution in [2.75, 3.05) is 0 Å². The van der Waals surface area contributed by atoms with E-state index in [1.165, 1.54) is 0 Å². The summed E-state index contributed by atoms with van der Waals surface area (Å²) in [6, 6.07) is 3.93. The van der Waals surface area contributed by atoms with E-state index in [1.54, 1.807) is 11.3 Å². The molecule has 7 heteroatoms. The first-order valence-corrected chi connectivity index (χ1v) is 10.1. The summed E-state index contributed by atoms with van der Waals surface area (Å²) in [5, 5.41) is 17.7. The van der Waals surface area contributed by atoms with Crippen molar-refractivity contribution in [2.45, 2.75) is 80.1 Å². The lowest BCUT2D eigenvalue weighted by molar-refractivity contribution is 0.368. The van der Waals surface area contributed by atoms with Crippen molar-refractivity contribution in [3.8, 4) is 0 Å². The molecule has 3 heterocycles. The number of aromatic nitrogens is 4. The van der Waals surface area contributed by atoms with Gasteiger partial charge in [-0.2, -0.15) is 0 Å². The molecular weight excluding hydrogens is 360 g/mol. The molecule has 0 saturated heterocycles. The van der Waals surface area contributed by atoms with Crippen LogP contribution in [-0.2, 0) is 0 Å². The van der Waals surface area contributed by atoms with E-state index in [9.17, 15) is 0 Å². The van der Waals surface area contributed by atoms with Gasteiger partial charge in [0.1, 0.15) is 21.5 Å². The van der Waals surface area contributed by atoms with Gasteiger partial charge in [-0.25, -0.2) is 0 Å². The summed E-state index contributed by atoms with van der Waals surface area (Å²) in [4.78, 5) is 0. The molecule has 3 aromatic rings. The molecule has 0 saturated carbocycles. The van der Waals surface area contributed by atoms with Crippen molar-refractivity contribution in [1.82, 2.24) is 20.5 Å². The smallest absolute Gasteiger partial charge is 0.139 e. The number of nitrogens with zero attached hydrogens (tertiary/aromatic N) is 4. The van der Waals surface area contributed by atoms with Crippen LogP contribution in [0.25, 0.3) is 0 Å². The van der Waals surface area contributed by atoms with E-state index in [1.807, 2.05) is 32.9 Å². The van der Waals surface area contributed by atoms with Gasteiger partial charge in [0.15, 0.2) is 0 Å². The highest BCUT2D eigenvalue weighted by Crippen LogP contribution is 2.17. The lowest BCUT2D eigenvalue weighted by Crippen LogP contribution is -1.84. The summed E-state index contributed by atoms with van der Waals surface area (Å²) in [6.07, 6.45) is 0. The van der Waals surface area contributed by atoms with Gasteiger partial charge < -0.3 is 9.05 Å². The summed E-state index contributed by atoms with van der Waals surface area (Å²) >= 11 is 1.67. The molecule has 0 aliphatic rings. The summed E-state index contributed by atoms with van der Waals surface area (Å²) in [7, 11) is 0. The normalized spacial score (nSPS) is 10.7. The second-order valence-corrected chi connectivity index (χ2v) is 8.57. The highest BCUT2D eigenvalue weighted by atomic mass is 32.1. The Morgan fingerprint density at radius 2 is 1.44 bits per heavy atom. The largest absolute Gasteiger partial charge is 0.361 e. The number of hydrogen-bond donors (Lipinski definition) is 0.